The van der Waals surface area contributed by atoms with Gasteiger partial charge in [-0.2, -0.15) is 0 Å². The van der Waals surface area contributed by atoms with Gasteiger partial charge in [0.15, 0.2) is 0 Å². The topological polar surface area (TPSA) is 102 Å². The molecule has 120 valence electrons. The molecule has 4 N–H and O–H groups in total. The van der Waals surface area contributed by atoms with E-state index in [4.69, 9.17) is 10.5 Å². The van der Waals surface area contributed by atoms with Gasteiger partial charge in [-0.25, -0.2) is 13.1 Å². The van der Waals surface area contributed by atoms with Crippen LogP contribution in [0.5, 0.6) is 0 Å². The number of sulfonamides is 1. The number of nitrogens with one attached hydrogen (secondary N) is 1. The molecule has 0 bridgehead atoms. The molecule has 1 aromatic carbocycles. The van der Waals surface area contributed by atoms with Crippen LogP contribution >= 0.6 is 0 Å². The molecule has 1 unspecified atom stereocenters. The molecule has 7 heteroatoms. The van der Waals surface area contributed by atoms with Crippen molar-refractivity contribution in [3.63, 3.8) is 0 Å². The van der Waals surface area contributed by atoms with E-state index in [1.807, 2.05) is 13.8 Å². The third-order valence-corrected chi connectivity index (χ3v) is 4.85. The number of methoxy groups -OCH3 is 1. The predicted octanol–water partition coefficient (Wildman–Crippen LogP) is 0.679. The monoisotopic (exact) mass is 316 g/mol. The zero-order chi connectivity index (χ0) is 16.0. The van der Waals surface area contributed by atoms with Crippen molar-refractivity contribution in [1.29, 1.82) is 0 Å². The van der Waals surface area contributed by atoms with Gasteiger partial charge in [-0.15, -0.1) is 0 Å². The van der Waals surface area contributed by atoms with Crippen LogP contribution in [0.2, 0.25) is 0 Å². The van der Waals surface area contributed by atoms with Gasteiger partial charge in [-0.1, -0.05) is 13.8 Å². The maximum Gasteiger partial charge on any atom is 0.241 e. The average Bonchev–Trinajstić information content (AvgIpc) is 2.45. The second kappa shape index (κ2) is 7.74. The second-order valence-corrected chi connectivity index (χ2v) is 6.51. The van der Waals surface area contributed by atoms with Crippen molar-refractivity contribution in [2.45, 2.75) is 37.6 Å². The van der Waals surface area contributed by atoms with E-state index in [1.165, 1.54) is 7.11 Å². The maximum atomic E-state index is 12.5. The Bertz CT molecular complexity index is 573. The maximum absolute atomic E-state index is 12.5. The number of aryl methyl sites for hydroxylation is 1. The molecular weight excluding hydrogens is 292 g/mol. The molecule has 0 saturated heterocycles. The lowest BCUT2D eigenvalue weighted by Gasteiger charge is -2.18. The Kier molecular flexibility index (Phi) is 6.60. The fraction of sp³-hybridized carbons (Fsp3) is 0.571. The lowest BCUT2D eigenvalue weighted by molar-refractivity contribution is 0.139. The zero-order valence-electron chi connectivity index (χ0n) is 12.7. The summed E-state index contributed by atoms with van der Waals surface area (Å²) in [5.74, 6) is 0. The van der Waals surface area contributed by atoms with Gasteiger partial charge < -0.3 is 15.6 Å². The summed E-state index contributed by atoms with van der Waals surface area (Å²) in [6.45, 7) is 3.55. The fourth-order valence-electron chi connectivity index (χ4n) is 2.16. The summed E-state index contributed by atoms with van der Waals surface area (Å²) >= 11 is 0. The summed E-state index contributed by atoms with van der Waals surface area (Å²) in [6.07, 6.45) is 1.21. The Balaban J connectivity index is 3.26. The van der Waals surface area contributed by atoms with E-state index in [2.05, 4.69) is 4.72 Å². The number of nitrogens with two attached hydrogens (primary N) is 1. The highest BCUT2D eigenvalue weighted by molar-refractivity contribution is 7.89. The number of aliphatic hydroxyl groups is 1. The highest BCUT2D eigenvalue weighted by Crippen LogP contribution is 2.25. The van der Waals surface area contributed by atoms with Crippen molar-refractivity contribution in [2.24, 2.45) is 0 Å². The smallest absolute Gasteiger partial charge is 0.241 e. The Morgan fingerprint density at radius 2 is 2.00 bits per heavy atom. The van der Waals surface area contributed by atoms with Crippen LogP contribution in [-0.4, -0.2) is 39.9 Å². The Morgan fingerprint density at radius 1 is 1.33 bits per heavy atom. The molecule has 0 aliphatic carbocycles. The molecule has 1 atom stereocenters. The lowest BCUT2D eigenvalue weighted by atomic mass is 10.1. The number of rotatable bonds is 8. The van der Waals surface area contributed by atoms with Crippen LogP contribution in [0.25, 0.3) is 0 Å². The van der Waals surface area contributed by atoms with E-state index in [9.17, 15) is 13.5 Å². The second-order valence-electron chi connectivity index (χ2n) is 4.82. The van der Waals surface area contributed by atoms with Crippen molar-refractivity contribution in [2.75, 3.05) is 26.1 Å². The molecule has 0 aliphatic heterocycles. The summed E-state index contributed by atoms with van der Waals surface area (Å²) in [6, 6.07) is 2.76. The van der Waals surface area contributed by atoms with Crippen molar-refractivity contribution >= 4 is 15.7 Å². The minimum atomic E-state index is -3.76. The Morgan fingerprint density at radius 3 is 2.48 bits per heavy atom. The van der Waals surface area contributed by atoms with Crippen molar-refractivity contribution in [3.8, 4) is 0 Å². The molecule has 0 heterocycles. The first kappa shape index (κ1) is 17.9. The first-order chi connectivity index (χ1) is 9.89. The Labute approximate surface area is 126 Å². The van der Waals surface area contributed by atoms with Crippen LogP contribution in [0.3, 0.4) is 0 Å². The van der Waals surface area contributed by atoms with Crippen molar-refractivity contribution in [3.05, 3.63) is 23.3 Å². The highest BCUT2D eigenvalue weighted by Gasteiger charge is 2.23. The molecule has 0 amide bonds. The van der Waals surface area contributed by atoms with E-state index in [0.717, 1.165) is 5.56 Å². The molecule has 0 spiro atoms. The fourth-order valence-corrected chi connectivity index (χ4v) is 3.76. The first-order valence-electron chi connectivity index (χ1n) is 6.92. The molecule has 0 saturated carbocycles. The van der Waals surface area contributed by atoms with Gasteiger partial charge >= 0.3 is 0 Å². The summed E-state index contributed by atoms with van der Waals surface area (Å²) < 4.78 is 32.4. The van der Waals surface area contributed by atoms with Crippen LogP contribution in [0, 0.1) is 0 Å². The standard InChI is InChI=1S/C14H24N2O4S/c1-4-10-6-13(15)12(5-2)14(7-10)21(18,19)16-11(8-17)9-20-3/h6-7,11,16-17H,4-5,8-9,15H2,1-3H3. The zero-order valence-corrected chi connectivity index (χ0v) is 13.5. The SMILES string of the molecule is CCc1cc(N)c(CC)c(S(=O)(=O)NC(CO)COC)c1. The number of anilines is 1. The highest BCUT2D eigenvalue weighted by atomic mass is 32.2. The molecule has 1 aromatic rings. The summed E-state index contributed by atoms with van der Waals surface area (Å²) in [4.78, 5) is 0.177. The van der Waals surface area contributed by atoms with Gasteiger partial charge in [0.2, 0.25) is 10.0 Å². The number of nitrogen functional groups attached to an aromatic ring is 1. The molecule has 21 heavy (non-hydrogen) atoms. The number of aliphatic hydroxyl groups excluding tert-OH is 1. The minimum absolute atomic E-state index is 0.0974. The molecule has 0 aliphatic rings. The lowest BCUT2D eigenvalue weighted by Crippen LogP contribution is -2.40. The average molecular weight is 316 g/mol. The number of ether oxygens (including phenoxy) is 1. The molecule has 0 aromatic heterocycles. The largest absolute Gasteiger partial charge is 0.398 e. The van der Waals surface area contributed by atoms with E-state index in [-0.39, 0.29) is 18.1 Å². The minimum Gasteiger partial charge on any atom is -0.398 e. The Hall–Kier alpha value is -1.15. The third kappa shape index (κ3) is 4.41. The normalized spacial score (nSPS) is 13.3. The molecule has 0 fully saturated rings. The first-order valence-corrected chi connectivity index (χ1v) is 8.41. The third-order valence-electron chi connectivity index (χ3n) is 3.26. The number of hydrogen-bond donors (Lipinski definition) is 3. The van der Waals surface area contributed by atoms with Gasteiger partial charge in [-0.05, 0) is 36.1 Å². The van der Waals surface area contributed by atoms with Gasteiger partial charge in [-0.3, -0.25) is 0 Å². The van der Waals surface area contributed by atoms with Crippen LogP contribution in [0.15, 0.2) is 17.0 Å². The molecule has 1 rings (SSSR count). The summed E-state index contributed by atoms with van der Waals surface area (Å²) in [5, 5.41) is 9.22. The van der Waals surface area contributed by atoms with E-state index in [1.54, 1.807) is 12.1 Å². The number of benzene rings is 1. The summed E-state index contributed by atoms with van der Waals surface area (Å²) in [7, 11) is -2.31. The predicted molar refractivity (Wildman–Crippen MR) is 82.7 cm³/mol. The van der Waals surface area contributed by atoms with Crippen molar-refractivity contribution in [1.82, 2.24) is 4.72 Å². The van der Waals surface area contributed by atoms with E-state index >= 15 is 0 Å². The van der Waals surface area contributed by atoms with Crippen LogP contribution in [-0.2, 0) is 27.6 Å². The van der Waals surface area contributed by atoms with Crippen LogP contribution < -0.4 is 10.5 Å². The van der Waals surface area contributed by atoms with Gasteiger partial charge in [0, 0.05) is 12.8 Å². The van der Waals surface area contributed by atoms with Crippen LogP contribution in [0.4, 0.5) is 5.69 Å². The van der Waals surface area contributed by atoms with E-state index in [0.29, 0.717) is 24.1 Å². The van der Waals surface area contributed by atoms with Gasteiger partial charge in [0.25, 0.3) is 0 Å². The number of hydrogen-bond acceptors (Lipinski definition) is 5. The van der Waals surface area contributed by atoms with Crippen molar-refractivity contribution < 1.29 is 18.3 Å². The van der Waals surface area contributed by atoms with Crippen LogP contribution in [0.1, 0.15) is 25.0 Å². The molecular formula is C14H24N2O4S. The van der Waals surface area contributed by atoms with E-state index < -0.39 is 16.1 Å². The molecule has 0 radical (unpaired) electrons. The van der Waals surface area contributed by atoms with Gasteiger partial charge in [0.1, 0.15) is 0 Å². The molecule has 6 nitrogen and oxygen atoms in total. The quantitative estimate of drug-likeness (QED) is 0.612. The van der Waals surface area contributed by atoms with Gasteiger partial charge in [0.05, 0.1) is 24.2 Å². The summed E-state index contributed by atoms with van der Waals surface area (Å²) in [5.41, 5.74) is 7.89.